The third-order valence-electron chi connectivity index (χ3n) is 3.14. The third-order valence-corrected chi connectivity index (χ3v) is 3.14. The molecule has 1 aliphatic heterocycles. The molecule has 1 aromatic heterocycles. The fourth-order valence-corrected chi connectivity index (χ4v) is 2.21. The molecule has 8 heteroatoms. The Morgan fingerprint density at radius 3 is 3.00 bits per heavy atom. The normalized spacial score (nSPS) is 21.1. The maximum Gasteiger partial charge on any atom is 0.328 e. The Hall–Kier alpha value is -2.60. The summed E-state index contributed by atoms with van der Waals surface area (Å²) in [4.78, 5) is 32.1. The molecular formula is C12H13N5O3. The number of azide groups is 1. The standard InChI is InChI=1S/C12H13N5O3/c1-20-12(19)10-5-9(15-16-13)7-17(10)11(18)8-3-2-4-14-6-8/h2-4,6,9-10H,5,7H2,1H3/t9-,10-/m0/s1. The first-order valence-corrected chi connectivity index (χ1v) is 6.00. The molecule has 1 aromatic rings. The molecule has 1 saturated heterocycles. The van der Waals surface area contributed by atoms with Crippen molar-refractivity contribution in [2.45, 2.75) is 18.5 Å². The lowest BCUT2D eigenvalue weighted by atomic mass is 10.1. The van der Waals surface area contributed by atoms with Gasteiger partial charge in [0.25, 0.3) is 5.91 Å². The van der Waals surface area contributed by atoms with Gasteiger partial charge in [0.15, 0.2) is 0 Å². The quantitative estimate of drug-likeness (QED) is 0.356. The molecule has 0 spiro atoms. The Labute approximate surface area is 115 Å². The van der Waals surface area contributed by atoms with Gasteiger partial charge in [-0.15, -0.1) is 0 Å². The van der Waals surface area contributed by atoms with Crippen LogP contribution in [-0.2, 0) is 9.53 Å². The van der Waals surface area contributed by atoms with Crippen molar-refractivity contribution in [2.75, 3.05) is 13.7 Å². The summed E-state index contributed by atoms with van der Waals surface area (Å²) in [6.07, 6.45) is 3.25. The van der Waals surface area contributed by atoms with Gasteiger partial charge in [-0.1, -0.05) is 5.11 Å². The second kappa shape index (κ2) is 6.03. The van der Waals surface area contributed by atoms with Crippen molar-refractivity contribution >= 4 is 11.9 Å². The predicted molar refractivity (Wildman–Crippen MR) is 68.6 cm³/mol. The number of ether oxygens (including phenoxy) is 1. The van der Waals surface area contributed by atoms with E-state index in [0.717, 1.165) is 0 Å². The van der Waals surface area contributed by atoms with Gasteiger partial charge in [0, 0.05) is 23.9 Å². The van der Waals surface area contributed by atoms with Crippen molar-refractivity contribution in [3.05, 3.63) is 40.5 Å². The molecular weight excluding hydrogens is 262 g/mol. The zero-order valence-electron chi connectivity index (χ0n) is 10.8. The van der Waals surface area contributed by atoms with Gasteiger partial charge in [-0.2, -0.15) is 0 Å². The van der Waals surface area contributed by atoms with E-state index in [0.29, 0.717) is 5.56 Å². The minimum Gasteiger partial charge on any atom is -0.467 e. The Balaban J connectivity index is 2.25. The van der Waals surface area contributed by atoms with E-state index in [1.54, 1.807) is 18.3 Å². The first kappa shape index (κ1) is 13.8. The molecule has 0 aromatic carbocycles. The van der Waals surface area contributed by atoms with E-state index < -0.39 is 18.1 Å². The SMILES string of the molecule is COC(=O)[C@@H]1C[C@H](N=[N+]=[N-])CN1C(=O)c1cccnc1. The Morgan fingerprint density at radius 1 is 1.60 bits per heavy atom. The molecule has 0 aliphatic carbocycles. The topological polar surface area (TPSA) is 108 Å². The Kier molecular flexibility index (Phi) is 4.17. The van der Waals surface area contributed by atoms with E-state index >= 15 is 0 Å². The van der Waals surface area contributed by atoms with Gasteiger partial charge in [-0.25, -0.2) is 4.79 Å². The average Bonchev–Trinajstić information content (AvgIpc) is 2.91. The van der Waals surface area contributed by atoms with Crippen LogP contribution in [0, 0.1) is 0 Å². The van der Waals surface area contributed by atoms with Crippen LogP contribution in [0.5, 0.6) is 0 Å². The summed E-state index contributed by atoms with van der Waals surface area (Å²) >= 11 is 0. The smallest absolute Gasteiger partial charge is 0.328 e. The maximum absolute atomic E-state index is 12.4. The minimum atomic E-state index is -0.733. The number of carbonyl (C=O) groups is 2. The van der Waals surface area contributed by atoms with E-state index in [-0.39, 0.29) is 18.9 Å². The van der Waals surface area contributed by atoms with Crippen molar-refractivity contribution in [3.63, 3.8) is 0 Å². The predicted octanol–water partition coefficient (Wildman–Crippen LogP) is 1.15. The van der Waals surface area contributed by atoms with Crippen LogP contribution in [0.15, 0.2) is 29.6 Å². The summed E-state index contributed by atoms with van der Waals surface area (Å²) in [6, 6.07) is 2.10. The van der Waals surface area contributed by atoms with Crippen LogP contribution in [0.25, 0.3) is 10.4 Å². The molecule has 0 unspecified atom stereocenters. The highest BCUT2D eigenvalue weighted by Gasteiger charge is 2.40. The first-order chi connectivity index (χ1) is 9.67. The second-order valence-corrected chi connectivity index (χ2v) is 4.33. The monoisotopic (exact) mass is 275 g/mol. The molecule has 8 nitrogen and oxygen atoms in total. The van der Waals surface area contributed by atoms with E-state index in [1.165, 1.54) is 18.2 Å². The lowest BCUT2D eigenvalue weighted by Crippen LogP contribution is -2.41. The molecule has 1 fully saturated rings. The number of hydrogen-bond acceptors (Lipinski definition) is 5. The molecule has 0 saturated carbocycles. The Morgan fingerprint density at radius 2 is 2.40 bits per heavy atom. The van der Waals surface area contributed by atoms with Gasteiger partial charge in [0.05, 0.1) is 18.7 Å². The summed E-state index contributed by atoms with van der Waals surface area (Å²) in [5.41, 5.74) is 8.86. The van der Waals surface area contributed by atoms with Gasteiger partial charge in [-0.05, 0) is 24.1 Å². The summed E-state index contributed by atoms with van der Waals surface area (Å²) < 4.78 is 4.69. The van der Waals surface area contributed by atoms with Crippen molar-refractivity contribution in [2.24, 2.45) is 5.11 Å². The van der Waals surface area contributed by atoms with Crippen LogP contribution in [0.4, 0.5) is 0 Å². The van der Waals surface area contributed by atoms with E-state index in [9.17, 15) is 9.59 Å². The lowest BCUT2D eigenvalue weighted by Gasteiger charge is -2.22. The molecule has 0 radical (unpaired) electrons. The average molecular weight is 275 g/mol. The number of hydrogen-bond donors (Lipinski definition) is 0. The van der Waals surface area contributed by atoms with Crippen molar-refractivity contribution in [3.8, 4) is 0 Å². The molecule has 0 bridgehead atoms. The number of amides is 1. The molecule has 2 rings (SSSR count). The van der Waals surface area contributed by atoms with Gasteiger partial charge in [0.1, 0.15) is 6.04 Å². The van der Waals surface area contributed by atoms with E-state index in [2.05, 4.69) is 15.0 Å². The molecule has 1 amide bonds. The van der Waals surface area contributed by atoms with Gasteiger partial charge < -0.3 is 9.64 Å². The number of esters is 1. The van der Waals surface area contributed by atoms with E-state index in [1.807, 2.05) is 0 Å². The lowest BCUT2D eigenvalue weighted by molar-refractivity contribution is -0.145. The number of rotatable bonds is 3. The highest BCUT2D eigenvalue weighted by Crippen LogP contribution is 2.23. The number of methoxy groups -OCH3 is 1. The van der Waals surface area contributed by atoms with Gasteiger partial charge >= 0.3 is 5.97 Å². The third kappa shape index (κ3) is 2.70. The fraction of sp³-hybridized carbons (Fsp3) is 0.417. The van der Waals surface area contributed by atoms with E-state index in [4.69, 9.17) is 10.3 Å². The number of carbonyl (C=O) groups excluding carboxylic acids is 2. The number of nitrogens with zero attached hydrogens (tertiary/aromatic N) is 5. The first-order valence-electron chi connectivity index (χ1n) is 6.00. The maximum atomic E-state index is 12.4. The van der Waals surface area contributed by atoms with Crippen molar-refractivity contribution < 1.29 is 14.3 Å². The minimum absolute atomic E-state index is 0.192. The molecule has 1 aliphatic rings. The second-order valence-electron chi connectivity index (χ2n) is 4.33. The van der Waals surface area contributed by atoms with Crippen molar-refractivity contribution in [1.82, 2.24) is 9.88 Å². The largest absolute Gasteiger partial charge is 0.467 e. The summed E-state index contributed by atoms with van der Waals surface area (Å²) in [5, 5.41) is 3.58. The number of likely N-dealkylation sites (tertiary alicyclic amines) is 1. The molecule has 104 valence electrons. The van der Waals surface area contributed by atoms with Gasteiger partial charge in [0.2, 0.25) is 0 Å². The highest BCUT2D eigenvalue weighted by molar-refractivity contribution is 5.97. The molecule has 0 N–H and O–H groups in total. The van der Waals surface area contributed by atoms with Crippen LogP contribution >= 0.6 is 0 Å². The zero-order chi connectivity index (χ0) is 14.5. The Bertz CT molecular complexity index is 555. The zero-order valence-corrected chi connectivity index (χ0v) is 10.8. The molecule has 2 atom stereocenters. The molecule has 2 heterocycles. The summed E-state index contributed by atoms with van der Waals surface area (Å²) in [5.74, 6) is -0.845. The molecule has 20 heavy (non-hydrogen) atoms. The van der Waals surface area contributed by atoms with Crippen LogP contribution < -0.4 is 0 Å². The van der Waals surface area contributed by atoms with Crippen molar-refractivity contribution in [1.29, 1.82) is 0 Å². The highest BCUT2D eigenvalue weighted by atomic mass is 16.5. The van der Waals surface area contributed by atoms with Gasteiger partial charge in [-0.3, -0.25) is 9.78 Å². The number of pyridine rings is 1. The summed E-state index contributed by atoms with van der Waals surface area (Å²) in [6.45, 7) is 0.192. The van der Waals surface area contributed by atoms with Crippen LogP contribution in [0.3, 0.4) is 0 Å². The fourth-order valence-electron chi connectivity index (χ4n) is 2.21. The van der Waals surface area contributed by atoms with Crippen LogP contribution in [0.2, 0.25) is 0 Å². The summed E-state index contributed by atoms with van der Waals surface area (Å²) in [7, 11) is 1.26. The van der Waals surface area contributed by atoms with Crippen LogP contribution in [-0.4, -0.2) is 47.5 Å². The number of aromatic nitrogens is 1. The van der Waals surface area contributed by atoms with Crippen LogP contribution in [0.1, 0.15) is 16.8 Å².